The largest absolute Gasteiger partial charge is 0.490 e. The van der Waals surface area contributed by atoms with E-state index in [1.807, 2.05) is 12.1 Å². The molecule has 1 aliphatic heterocycles. The van der Waals surface area contributed by atoms with E-state index in [2.05, 4.69) is 10.3 Å². The topological polar surface area (TPSA) is 117 Å². The van der Waals surface area contributed by atoms with Gasteiger partial charge in [0.05, 0.1) is 16.3 Å². The van der Waals surface area contributed by atoms with Crippen molar-refractivity contribution in [1.82, 2.24) is 14.6 Å². The lowest BCUT2D eigenvalue weighted by atomic mass is 10.2. The Hall–Kier alpha value is -2.25. The summed E-state index contributed by atoms with van der Waals surface area (Å²) in [5.74, 6) is -3.19. The van der Waals surface area contributed by atoms with Crippen LogP contribution in [0.1, 0.15) is 6.92 Å². The standard InChI is InChI=1S/C12H13N3O3S2.C2HF3O2/c1-8-11(16)15(7-6-13-8)20(17,18)12-14-9-4-2-3-5-10(9)19-12;3-2(4,5)1(6)7/h2-5,8,13H,6-7H2,1H3;(H,6,7). The number of piperazine rings is 1. The molecular weight excluding hydrogens is 411 g/mol. The maximum Gasteiger partial charge on any atom is 0.490 e. The Morgan fingerprint density at radius 2 is 1.96 bits per heavy atom. The second-order valence-corrected chi connectivity index (χ2v) is 8.41. The summed E-state index contributed by atoms with van der Waals surface area (Å²) in [5, 5.41) is 10.1. The van der Waals surface area contributed by atoms with Gasteiger partial charge in [0.1, 0.15) is 0 Å². The Morgan fingerprint density at radius 1 is 1.37 bits per heavy atom. The second-order valence-electron chi connectivity index (χ2n) is 5.34. The van der Waals surface area contributed by atoms with Gasteiger partial charge in [-0.2, -0.15) is 21.6 Å². The minimum atomic E-state index is -5.08. The van der Waals surface area contributed by atoms with Crippen LogP contribution in [0.3, 0.4) is 0 Å². The number of carboxylic acid groups (broad SMARTS) is 1. The van der Waals surface area contributed by atoms with Crippen LogP contribution >= 0.6 is 11.3 Å². The van der Waals surface area contributed by atoms with Gasteiger partial charge in [-0.3, -0.25) is 4.79 Å². The van der Waals surface area contributed by atoms with Crippen molar-refractivity contribution >= 4 is 43.5 Å². The van der Waals surface area contributed by atoms with Gasteiger partial charge in [0.2, 0.25) is 4.34 Å². The number of carbonyl (C=O) groups excluding carboxylic acids is 1. The summed E-state index contributed by atoms with van der Waals surface area (Å²) in [6.07, 6.45) is -5.08. The number of aliphatic carboxylic acids is 1. The minimum Gasteiger partial charge on any atom is -0.475 e. The number of amides is 1. The van der Waals surface area contributed by atoms with Crippen LogP contribution in [0.15, 0.2) is 28.6 Å². The van der Waals surface area contributed by atoms with Crippen molar-refractivity contribution in [2.75, 3.05) is 13.1 Å². The van der Waals surface area contributed by atoms with E-state index < -0.39 is 34.1 Å². The lowest BCUT2D eigenvalue weighted by molar-refractivity contribution is -0.192. The molecule has 2 aromatic rings. The summed E-state index contributed by atoms with van der Waals surface area (Å²) in [6, 6.07) is 6.71. The van der Waals surface area contributed by atoms with Gasteiger partial charge in [0.15, 0.2) is 0 Å². The number of halogens is 3. The van der Waals surface area contributed by atoms with Crippen LogP contribution in [0.5, 0.6) is 0 Å². The third-order valence-electron chi connectivity index (χ3n) is 3.41. The average Bonchev–Trinajstić information content (AvgIpc) is 3.02. The molecule has 0 bridgehead atoms. The fourth-order valence-corrected chi connectivity index (χ4v) is 4.88. The molecule has 2 N–H and O–H groups in total. The van der Waals surface area contributed by atoms with Gasteiger partial charge in [-0.25, -0.2) is 14.1 Å². The third kappa shape index (κ3) is 4.73. The van der Waals surface area contributed by atoms with Crippen LogP contribution in [-0.2, 0) is 19.6 Å². The van der Waals surface area contributed by atoms with Gasteiger partial charge in [0.25, 0.3) is 15.9 Å². The number of rotatable bonds is 2. The van der Waals surface area contributed by atoms with Gasteiger partial charge in [-0.1, -0.05) is 12.1 Å². The Kier molecular flexibility index (Phi) is 6.07. The molecule has 0 aliphatic carbocycles. The van der Waals surface area contributed by atoms with Gasteiger partial charge < -0.3 is 10.4 Å². The maximum atomic E-state index is 12.5. The number of carbonyl (C=O) groups is 2. The van der Waals surface area contributed by atoms with E-state index >= 15 is 0 Å². The molecule has 0 saturated carbocycles. The molecule has 8 nitrogen and oxygen atoms in total. The molecule has 13 heteroatoms. The lowest BCUT2D eigenvalue weighted by Crippen LogP contribution is -2.55. The number of benzene rings is 1. The van der Waals surface area contributed by atoms with Gasteiger partial charge in [-0.15, -0.1) is 11.3 Å². The van der Waals surface area contributed by atoms with Gasteiger partial charge >= 0.3 is 12.1 Å². The first kappa shape index (κ1) is 21.1. The molecule has 1 aromatic heterocycles. The highest BCUT2D eigenvalue weighted by molar-refractivity contribution is 7.91. The summed E-state index contributed by atoms with van der Waals surface area (Å²) >= 11 is 1.09. The summed E-state index contributed by atoms with van der Waals surface area (Å²) < 4.78 is 58.5. The zero-order valence-corrected chi connectivity index (χ0v) is 15.4. The molecule has 148 valence electrons. The molecule has 27 heavy (non-hydrogen) atoms. The third-order valence-corrected chi connectivity index (χ3v) is 6.60. The molecule has 1 saturated heterocycles. The highest BCUT2D eigenvalue weighted by Crippen LogP contribution is 2.28. The predicted octanol–water partition coefficient (Wildman–Crippen LogP) is 1.44. The van der Waals surface area contributed by atoms with E-state index in [1.165, 1.54) is 0 Å². The van der Waals surface area contributed by atoms with Crippen LogP contribution < -0.4 is 5.32 Å². The van der Waals surface area contributed by atoms with E-state index in [1.54, 1.807) is 19.1 Å². The first-order valence-electron chi connectivity index (χ1n) is 7.40. The van der Waals surface area contributed by atoms with Crippen molar-refractivity contribution in [3.05, 3.63) is 24.3 Å². The van der Waals surface area contributed by atoms with Crippen molar-refractivity contribution in [2.24, 2.45) is 0 Å². The Balaban J connectivity index is 0.000000321. The van der Waals surface area contributed by atoms with Crippen molar-refractivity contribution in [3.63, 3.8) is 0 Å². The van der Waals surface area contributed by atoms with Gasteiger partial charge in [0, 0.05) is 13.1 Å². The summed E-state index contributed by atoms with van der Waals surface area (Å²) in [6.45, 7) is 2.25. The average molecular weight is 425 g/mol. The minimum absolute atomic E-state index is 0.0267. The molecule has 1 fully saturated rings. The van der Waals surface area contributed by atoms with Crippen molar-refractivity contribution in [1.29, 1.82) is 0 Å². The predicted molar refractivity (Wildman–Crippen MR) is 89.7 cm³/mol. The molecule has 3 rings (SSSR count). The number of aromatic nitrogens is 1. The lowest BCUT2D eigenvalue weighted by Gasteiger charge is -2.29. The number of thiazole rings is 1. The molecule has 1 unspecified atom stereocenters. The fourth-order valence-electron chi connectivity index (χ4n) is 2.09. The molecular formula is C14H14F3N3O5S2. The monoisotopic (exact) mass is 425 g/mol. The zero-order valence-electron chi connectivity index (χ0n) is 13.7. The van der Waals surface area contributed by atoms with Crippen LogP contribution in [0.4, 0.5) is 13.2 Å². The van der Waals surface area contributed by atoms with E-state index in [0.29, 0.717) is 12.1 Å². The number of nitrogens with one attached hydrogen (secondary N) is 1. The van der Waals surface area contributed by atoms with E-state index in [4.69, 9.17) is 9.90 Å². The summed E-state index contributed by atoms with van der Waals surface area (Å²) in [4.78, 5) is 25.1. The number of hydrogen-bond donors (Lipinski definition) is 2. The number of nitrogens with zero attached hydrogens (tertiary/aromatic N) is 2. The van der Waals surface area contributed by atoms with Crippen molar-refractivity contribution in [2.45, 2.75) is 23.5 Å². The Labute approximate surface area is 155 Å². The highest BCUT2D eigenvalue weighted by Gasteiger charge is 2.38. The molecule has 2 heterocycles. The van der Waals surface area contributed by atoms with Gasteiger partial charge in [-0.05, 0) is 19.1 Å². The summed E-state index contributed by atoms with van der Waals surface area (Å²) in [7, 11) is -3.85. The van der Waals surface area contributed by atoms with Crippen LogP contribution in [0.2, 0.25) is 0 Å². The van der Waals surface area contributed by atoms with E-state index in [-0.39, 0.29) is 10.9 Å². The smallest absolute Gasteiger partial charge is 0.475 e. The van der Waals surface area contributed by atoms with E-state index in [9.17, 15) is 26.4 Å². The first-order chi connectivity index (χ1) is 12.4. The number of fused-ring (bicyclic) bond motifs is 1. The number of para-hydroxylation sites is 1. The zero-order chi connectivity index (χ0) is 20.4. The number of carboxylic acids is 1. The molecule has 1 aliphatic rings. The molecule has 1 aromatic carbocycles. The fraction of sp³-hybridized carbons (Fsp3) is 0.357. The number of hydrogen-bond acceptors (Lipinski definition) is 7. The molecule has 1 atom stereocenters. The Bertz CT molecular complexity index is 925. The normalized spacial score (nSPS) is 18.1. The van der Waals surface area contributed by atoms with Crippen LogP contribution in [0, 0.1) is 0 Å². The SMILES string of the molecule is CC1NCCN(S(=O)(=O)c2nc3ccccc3s2)C1=O.O=C(O)C(F)(F)F. The van der Waals surface area contributed by atoms with Crippen molar-refractivity contribution < 1.29 is 36.3 Å². The van der Waals surface area contributed by atoms with Crippen LogP contribution in [0.25, 0.3) is 10.2 Å². The number of sulfonamides is 1. The molecule has 0 spiro atoms. The van der Waals surface area contributed by atoms with E-state index in [0.717, 1.165) is 20.3 Å². The molecule has 0 radical (unpaired) electrons. The molecule has 1 amide bonds. The maximum absolute atomic E-state index is 12.5. The second kappa shape index (κ2) is 7.78. The summed E-state index contributed by atoms with van der Waals surface area (Å²) in [5.41, 5.74) is 0.631. The number of alkyl halides is 3. The first-order valence-corrected chi connectivity index (χ1v) is 9.66. The van der Waals surface area contributed by atoms with Crippen LogP contribution in [-0.4, -0.2) is 60.0 Å². The quantitative estimate of drug-likeness (QED) is 0.748. The Morgan fingerprint density at radius 3 is 2.52 bits per heavy atom. The van der Waals surface area contributed by atoms with Crippen molar-refractivity contribution in [3.8, 4) is 0 Å². The highest BCUT2D eigenvalue weighted by atomic mass is 32.2.